The summed E-state index contributed by atoms with van der Waals surface area (Å²) in [4.78, 5) is 16.5. The molecule has 0 heterocycles. The van der Waals surface area contributed by atoms with Crippen molar-refractivity contribution >= 4 is 34.3 Å². The third-order valence-electron chi connectivity index (χ3n) is 6.60. The highest BCUT2D eigenvalue weighted by Crippen LogP contribution is 2.28. The van der Waals surface area contributed by atoms with Crippen LogP contribution in [0.15, 0.2) is 87.2 Å². The lowest BCUT2D eigenvalue weighted by atomic mass is 9.89. The van der Waals surface area contributed by atoms with Crippen LogP contribution in [0.25, 0.3) is 0 Å². The topological polar surface area (TPSA) is 96.8 Å². The number of carbonyl (C=O) groups is 1. The van der Waals surface area contributed by atoms with Gasteiger partial charge in [-0.2, -0.15) is 25.7 Å². The summed E-state index contributed by atoms with van der Waals surface area (Å²) < 4.78 is 0. The van der Waals surface area contributed by atoms with Crippen molar-refractivity contribution in [1.82, 2.24) is 4.90 Å². The molecule has 0 saturated heterocycles. The van der Waals surface area contributed by atoms with Crippen molar-refractivity contribution in [3.05, 3.63) is 77.9 Å². The number of amides is 1. The minimum Gasteiger partial charge on any atom is -0.373 e. The Labute approximate surface area is 225 Å². The third kappa shape index (κ3) is 7.56. The standard InChI is InChI=1S/C30H35N7O/c1-7-30(3,4)29(38)37(6)19-18-36(5)27-15-12-25(13-16-27)33-35-28-17-14-26(20-22(28)2)34-32-24-10-8-23(21-31)9-11-24/h8-17,20H,7,18-19H2,1-6H3/b34-32+,35-33+. The van der Waals surface area contributed by atoms with Gasteiger partial charge in [-0.25, -0.2) is 0 Å². The summed E-state index contributed by atoms with van der Waals surface area (Å²) in [5.74, 6) is 0.168. The van der Waals surface area contributed by atoms with Gasteiger partial charge < -0.3 is 9.80 Å². The molecule has 0 aliphatic rings. The third-order valence-corrected chi connectivity index (χ3v) is 6.60. The van der Waals surface area contributed by atoms with Gasteiger partial charge in [0.1, 0.15) is 0 Å². The van der Waals surface area contributed by atoms with Crippen LogP contribution in [0.2, 0.25) is 0 Å². The molecule has 0 spiro atoms. The van der Waals surface area contributed by atoms with Crippen LogP contribution in [0.1, 0.15) is 38.3 Å². The molecule has 38 heavy (non-hydrogen) atoms. The van der Waals surface area contributed by atoms with Crippen LogP contribution in [0.3, 0.4) is 0 Å². The summed E-state index contributed by atoms with van der Waals surface area (Å²) in [6.45, 7) is 9.36. The average Bonchev–Trinajstić information content (AvgIpc) is 2.94. The highest BCUT2D eigenvalue weighted by molar-refractivity contribution is 5.81. The first-order valence-electron chi connectivity index (χ1n) is 12.6. The quantitative estimate of drug-likeness (QED) is 0.259. The van der Waals surface area contributed by atoms with Gasteiger partial charge in [-0.15, -0.1) is 0 Å². The zero-order valence-electron chi connectivity index (χ0n) is 23.0. The first-order valence-corrected chi connectivity index (χ1v) is 12.6. The molecule has 3 aromatic rings. The smallest absolute Gasteiger partial charge is 0.228 e. The minimum atomic E-state index is -0.338. The molecule has 0 atom stereocenters. The molecule has 0 fully saturated rings. The van der Waals surface area contributed by atoms with E-state index in [1.165, 1.54) is 0 Å². The maximum absolute atomic E-state index is 12.6. The van der Waals surface area contributed by atoms with Crippen LogP contribution in [-0.4, -0.2) is 38.0 Å². The summed E-state index contributed by atoms with van der Waals surface area (Å²) in [6, 6.07) is 22.5. The molecule has 0 radical (unpaired) electrons. The van der Waals surface area contributed by atoms with E-state index in [0.717, 1.165) is 35.6 Å². The fraction of sp³-hybridized carbons (Fsp3) is 0.333. The van der Waals surface area contributed by atoms with Crippen molar-refractivity contribution in [2.24, 2.45) is 25.9 Å². The number of hydrogen-bond donors (Lipinski definition) is 0. The van der Waals surface area contributed by atoms with E-state index in [1.54, 1.807) is 24.3 Å². The van der Waals surface area contributed by atoms with Gasteiger partial charge in [0.05, 0.1) is 34.4 Å². The van der Waals surface area contributed by atoms with E-state index in [0.29, 0.717) is 23.5 Å². The molecule has 0 aromatic heterocycles. The lowest BCUT2D eigenvalue weighted by molar-refractivity contribution is -0.139. The summed E-state index contributed by atoms with van der Waals surface area (Å²) in [7, 11) is 3.88. The van der Waals surface area contributed by atoms with E-state index in [9.17, 15) is 4.79 Å². The molecule has 1 amide bonds. The second kappa shape index (κ2) is 12.7. The monoisotopic (exact) mass is 509 g/mol. The Bertz CT molecular complexity index is 1340. The van der Waals surface area contributed by atoms with Gasteiger partial charge in [0, 0.05) is 38.3 Å². The van der Waals surface area contributed by atoms with Crippen molar-refractivity contribution in [2.75, 3.05) is 32.1 Å². The molecule has 0 aliphatic carbocycles. The second-order valence-corrected chi connectivity index (χ2v) is 9.93. The van der Waals surface area contributed by atoms with E-state index < -0.39 is 0 Å². The van der Waals surface area contributed by atoms with Crippen molar-refractivity contribution in [3.63, 3.8) is 0 Å². The zero-order chi connectivity index (χ0) is 27.7. The Kier molecular flexibility index (Phi) is 9.44. The Balaban J connectivity index is 1.57. The number of likely N-dealkylation sites (N-methyl/N-ethyl adjacent to an activating group) is 2. The number of azo groups is 2. The largest absolute Gasteiger partial charge is 0.373 e. The SMILES string of the molecule is CCC(C)(C)C(=O)N(C)CCN(C)c1ccc(/N=N/c2ccc(/N=N/c3ccc(C#N)cc3)cc2C)cc1. The van der Waals surface area contributed by atoms with Crippen molar-refractivity contribution in [2.45, 2.75) is 34.1 Å². The number of rotatable bonds is 10. The van der Waals surface area contributed by atoms with Gasteiger partial charge in [0.25, 0.3) is 0 Å². The molecule has 3 aromatic carbocycles. The van der Waals surface area contributed by atoms with Crippen molar-refractivity contribution in [3.8, 4) is 6.07 Å². The number of benzene rings is 3. The van der Waals surface area contributed by atoms with Gasteiger partial charge >= 0.3 is 0 Å². The minimum absolute atomic E-state index is 0.168. The van der Waals surface area contributed by atoms with E-state index in [4.69, 9.17) is 5.26 Å². The fourth-order valence-corrected chi connectivity index (χ4v) is 3.62. The summed E-state index contributed by atoms with van der Waals surface area (Å²) in [5.41, 5.74) is 5.14. The fourth-order valence-electron chi connectivity index (χ4n) is 3.62. The zero-order valence-corrected chi connectivity index (χ0v) is 23.0. The Hall–Kier alpha value is -4.38. The highest BCUT2D eigenvalue weighted by atomic mass is 16.2. The first kappa shape index (κ1) is 28.2. The average molecular weight is 510 g/mol. The summed E-state index contributed by atoms with van der Waals surface area (Å²) >= 11 is 0. The molecule has 8 heteroatoms. The van der Waals surface area contributed by atoms with E-state index in [-0.39, 0.29) is 11.3 Å². The van der Waals surface area contributed by atoms with Crippen LogP contribution in [0, 0.1) is 23.7 Å². The molecule has 0 bridgehead atoms. The molecule has 0 N–H and O–H groups in total. The number of hydrogen-bond acceptors (Lipinski definition) is 7. The Morgan fingerprint density at radius 2 is 1.39 bits per heavy atom. The van der Waals surface area contributed by atoms with Crippen molar-refractivity contribution < 1.29 is 4.79 Å². The van der Waals surface area contributed by atoms with Crippen LogP contribution in [0.5, 0.6) is 0 Å². The lowest BCUT2D eigenvalue weighted by Crippen LogP contribution is -2.41. The second-order valence-electron chi connectivity index (χ2n) is 9.93. The maximum atomic E-state index is 12.6. The molecule has 8 nitrogen and oxygen atoms in total. The molecular formula is C30H35N7O. The number of nitrogens with zero attached hydrogens (tertiary/aromatic N) is 7. The summed E-state index contributed by atoms with van der Waals surface area (Å²) in [5, 5.41) is 26.2. The van der Waals surface area contributed by atoms with Crippen LogP contribution in [0.4, 0.5) is 28.4 Å². The lowest BCUT2D eigenvalue weighted by Gasteiger charge is -2.30. The Morgan fingerprint density at radius 3 is 1.97 bits per heavy atom. The van der Waals surface area contributed by atoms with Crippen LogP contribution >= 0.6 is 0 Å². The van der Waals surface area contributed by atoms with Gasteiger partial charge in [-0.3, -0.25) is 4.79 Å². The van der Waals surface area contributed by atoms with E-state index in [1.807, 2.05) is 89.2 Å². The van der Waals surface area contributed by atoms with Crippen molar-refractivity contribution in [1.29, 1.82) is 5.26 Å². The molecular weight excluding hydrogens is 474 g/mol. The number of aryl methyl sites for hydroxylation is 1. The van der Waals surface area contributed by atoms with Crippen LogP contribution in [-0.2, 0) is 4.79 Å². The van der Waals surface area contributed by atoms with Gasteiger partial charge in [0.15, 0.2) is 0 Å². The normalized spacial score (nSPS) is 11.6. The molecule has 3 rings (SSSR count). The molecule has 0 aliphatic heterocycles. The van der Waals surface area contributed by atoms with E-state index in [2.05, 4.69) is 31.4 Å². The highest BCUT2D eigenvalue weighted by Gasteiger charge is 2.28. The van der Waals surface area contributed by atoms with E-state index >= 15 is 0 Å². The molecule has 0 saturated carbocycles. The number of nitriles is 1. The molecule has 196 valence electrons. The first-order chi connectivity index (χ1) is 18.1. The Morgan fingerprint density at radius 1 is 0.842 bits per heavy atom. The van der Waals surface area contributed by atoms with Gasteiger partial charge in [-0.05, 0) is 85.6 Å². The number of carbonyl (C=O) groups excluding carboxylic acids is 1. The molecule has 0 unspecified atom stereocenters. The van der Waals surface area contributed by atoms with Crippen LogP contribution < -0.4 is 4.90 Å². The predicted molar refractivity (Wildman–Crippen MR) is 152 cm³/mol. The maximum Gasteiger partial charge on any atom is 0.228 e. The summed E-state index contributed by atoms with van der Waals surface area (Å²) in [6.07, 6.45) is 0.816. The van der Waals surface area contributed by atoms with Gasteiger partial charge in [0.2, 0.25) is 5.91 Å². The number of anilines is 1. The van der Waals surface area contributed by atoms with Gasteiger partial charge in [-0.1, -0.05) is 20.8 Å². The predicted octanol–water partition coefficient (Wildman–Crippen LogP) is 8.03.